The predicted molar refractivity (Wildman–Crippen MR) is 102 cm³/mol. The quantitative estimate of drug-likeness (QED) is 0.762. The maximum atomic E-state index is 12.0. The van der Waals surface area contributed by atoms with Crippen LogP contribution in [0, 0.1) is 27.7 Å². The number of hydrogen-bond acceptors (Lipinski definition) is 5. The van der Waals surface area contributed by atoms with Crippen molar-refractivity contribution >= 4 is 34.8 Å². The van der Waals surface area contributed by atoms with E-state index < -0.39 is 18.5 Å². The summed E-state index contributed by atoms with van der Waals surface area (Å²) in [6.45, 7) is 7.08. The Hall–Kier alpha value is -2.67. The summed E-state index contributed by atoms with van der Waals surface area (Å²) in [4.78, 5) is 37.0. The molecular weight excluding hydrogens is 352 g/mol. The minimum absolute atomic E-state index is 0.193. The molecule has 0 spiro atoms. The van der Waals surface area contributed by atoms with Crippen LogP contribution in [0.2, 0.25) is 0 Å². The molecular formula is C19H22N2O4S. The van der Waals surface area contributed by atoms with E-state index in [2.05, 4.69) is 10.6 Å². The third-order valence-electron chi connectivity index (χ3n) is 3.66. The normalized spacial score (nSPS) is 10.3. The number of anilines is 1. The lowest BCUT2D eigenvalue weighted by Gasteiger charge is -2.13. The average molecular weight is 374 g/mol. The van der Waals surface area contributed by atoms with Gasteiger partial charge in [0.1, 0.15) is 4.88 Å². The summed E-state index contributed by atoms with van der Waals surface area (Å²) in [5.41, 5.74) is 3.79. The van der Waals surface area contributed by atoms with E-state index >= 15 is 0 Å². The lowest BCUT2D eigenvalue weighted by Crippen LogP contribution is -2.35. The van der Waals surface area contributed by atoms with Crippen LogP contribution >= 0.6 is 11.3 Å². The molecule has 6 nitrogen and oxygen atoms in total. The van der Waals surface area contributed by atoms with Crippen molar-refractivity contribution in [3.05, 3.63) is 50.7 Å². The molecule has 2 rings (SSSR count). The third-order valence-corrected chi connectivity index (χ3v) is 4.64. The second-order valence-corrected chi connectivity index (χ2v) is 7.37. The Morgan fingerprint density at radius 3 is 2.23 bits per heavy atom. The Bertz CT molecular complexity index is 819. The molecule has 0 aliphatic rings. The highest BCUT2D eigenvalue weighted by Gasteiger charge is 2.13. The summed E-state index contributed by atoms with van der Waals surface area (Å²) in [6, 6.07) is 7.42. The number of nitrogens with one attached hydrogen (secondary N) is 2. The number of ether oxygens (including phenoxy) is 1. The van der Waals surface area contributed by atoms with Gasteiger partial charge in [0.15, 0.2) is 6.61 Å². The van der Waals surface area contributed by atoms with Crippen LogP contribution in [0.3, 0.4) is 0 Å². The smallest absolute Gasteiger partial charge is 0.348 e. The highest BCUT2D eigenvalue weighted by atomic mass is 32.1. The fourth-order valence-corrected chi connectivity index (χ4v) is 3.30. The van der Waals surface area contributed by atoms with Gasteiger partial charge in [-0.1, -0.05) is 17.7 Å². The van der Waals surface area contributed by atoms with Crippen LogP contribution in [0.15, 0.2) is 24.3 Å². The molecule has 0 bridgehead atoms. The minimum atomic E-state index is -0.548. The van der Waals surface area contributed by atoms with Gasteiger partial charge < -0.3 is 15.4 Å². The Morgan fingerprint density at radius 1 is 1.00 bits per heavy atom. The minimum Gasteiger partial charge on any atom is -0.451 e. The van der Waals surface area contributed by atoms with E-state index in [-0.39, 0.29) is 12.5 Å². The number of benzene rings is 1. The van der Waals surface area contributed by atoms with Crippen molar-refractivity contribution in [3.63, 3.8) is 0 Å². The van der Waals surface area contributed by atoms with E-state index in [0.717, 1.165) is 27.3 Å². The van der Waals surface area contributed by atoms with Gasteiger partial charge in [0, 0.05) is 10.6 Å². The van der Waals surface area contributed by atoms with Crippen molar-refractivity contribution < 1.29 is 19.1 Å². The van der Waals surface area contributed by atoms with Gasteiger partial charge in [-0.2, -0.15) is 0 Å². The molecule has 0 saturated heterocycles. The Labute approximate surface area is 156 Å². The van der Waals surface area contributed by atoms with Gasteiger partial charge in [-0.05, 0) is 51.0 Å². The van der Waals surface area contributed by atoms with Gasteiger partial charge in [0.2, 0.25) is 5.91 Å². The van der Waals surface area contributed by atoms with Crippen LogP contribution in [0.4, 0.5) is 5.69 Å². The first-order chi connectivity index (χ1) is 12.3. The van der Waals surface area contributed by atoms with Crippen molar-refractivity contribution in [2.24, 2.45) is 0 Å². The lowest BCUT2D eigenvalue weighted by molar-refractivity contribution is -0.126. The van der Waals surface area contributed by atoms with Crippen LogP contribution in [0.5, 0.6) is 0 Å². The summed E-state index contributed by atoms with van der Waals surface area (Å²) in [5, 5.41) is 5.24. The van der Waals surface area contributed by atoms with Gasteiger partial charge in [-0.25, -0.2) is 4.79 Å². The number of amides is 2. The number of aryl methyl sites for hydroxylation is 4. The molecule has 1 heterocycles. The zero-order valence-corrected chi connectivity index (χ0v) is 16.1. The van der Waals surface area contributed by atoms with Gasteiger partial charge in [-0.15, -0.1) is 11.3 Å². The van der Waals surface area contributed by atoms with E-state index in [1.807, 2.05) is 39.8 Å². The van der Waals surface area contributed by atoms with Crippen LogP contribution in [-0.2, 0) is 14.3 Å². The second-order valence-electron chi connectivity index (χ2n) is 6.09. The molecule has 0 fully saturated rings. The van der Waals surface area contributed by atoms with Gasteiger partial charge in [0.25, 0.3) is 5.91 Å². The van der Waals surface area contributed by atoms with Crippen molar-refractivity contribution in [1.29, 1.82) is 0 Å². The molecule has 0 radical (unpaired) electrons. The van der Waals surface area contributed by atoms with Crippen LogP contribution < -0.4 is 10.6 Å². The van der Waals surface area contributed by atoms with E-state index in [4.69, 9.17) is 4.74 Å². The van der Waals surface area contributed by atoms with E-state index in [1.54, 1.807) is 12.1 Å². The molecule has 0 aliphatic carbocycles. The fourth-order valence-electron chi connectivity index (χ4n) is 2.54. The first-order valence-corrected chi connectivity index (χ1v) is 8.96. The van der Waals surface area contributed by atoms with Crippen LogP contribution in [0.25, 0.3) is 0 Å². The molecule has 1 aromatic heterocycles. The zero-order valence-electron chi connectivity index (χ0n) is 15.3. The van der Waals surface area contributed by atoms with Gasteiger partial charge in [-0.3, -0.25) is 9.59 Å². The monoisotopic (exact) mass is 374 g/mol. The summed E-state index contributed by atoms with van der Waals surface area (Å²) in [5.74, 6) is -1.42. The standard InChI is InChI=1S/C19H22N2O4S/c1-11-7-12(2)18(13(3)8-11)21-16(22)9-20-17(23)10-25-19(24)15-6-5-14(4)26-15/h5-8H,9-10H2,1-4H3,(H,20,23)(H,21,22). The number of thiophene rings is 1. The van der Waals surface area contributed by atoms with E-state index in [1.165, 1.54) is 11.3 Å². The first-order valence-electron chi connectivity index (χ1n) is 8.14. The van der Waals surface area contributed by atoms with Crippen molar-refractivity contribution in [1.82, 2.24) is 5.32 Å². The average Bonchev–Trinajstić information content (AvgIpc) is 3.00. The lowest BCUT2D eigenvalue weighted by atomic mass is 10.1. The zero-order chi connectivity index (χ0) is 19.3. The van der Waals surface area contributed by atoms with Crippen molar-refractivity contribution in [2.45, 2.75) is 27.7 Å². The highest BCUT2D eigenvalue weighted by molar-refractivity contribution is 7.13. The van der Waals surface area contributed by atoms with Crippen molar-refractivity contribution in [3.8, 4) is 0 Å². The molecule has 1 aromatic carbocycles. The molecule has 0 aliphatic heterocycles. The summed E-state index contributed by atoms with van der Waals surface area (Å²) < 4.78 is 4.93. The van der Waals surface area contributed by atoms with E-state index in [0.29, 0.717) is 4.88 Å². The molecule has 0 saturated carbocycles. The largest absolute Gasteiger partial charge is 0.451 e. The Balaban J connectivity index is 1.78. The second kappa shape index (κ2) is 8.62. The number of hydrogen-bond donors (Lipinski definition) is 2. The van der Waals surface area contributed by atoms with Gasteiger partial charge in [0.05, 0.1) is 6.54 Å². The van der Waals surface area contributed by atoms with Crippen LogP contribution in [0.1, 0.15) is 31.2 Å². The molecule has 2 amide bonds. The molecule has 0 unspecified atom stereocenters. The molecule has 0 atom stereocenters. The third kappa shape index (κ3) is 5.42. The van der Waals surface area contributed by atoms with Crippen molar-refractivity contribution in [2.75, 3.05) is 18.5 Å². The summed E-state index contributed by atoms with van der Waals surface area (Å²) >= 11 is 1.30. The van der Waals surface area contributed by atoms with Gasteiger partial charge >= 0.3 is 5.97 Å². The van der Waals surface area contributed by atoms with Crippen LogP contribution in [-0.4, -0.2) is 30.9 Å². The topological polar surface area (TPSA) is 84.5 Å². The number of esters is 1. The molecule has 26 heavy (non-hydrogen) atoms. The first kappa shape index (κ1) is 19.7. The molecule has 7 heteroatoms. The highest BCUT2D eigenvalue weighted by Crippen LogP contribution is 2.21. The Morgan fingerprint density at radius 2 is 1.65 bits per heavy atom. The maximum Gasteiger partial charge on any atom is 0.348 e. The Kier molecular flexibility index (Phi) is 6.52. The number of rotatable bonds is 6. The maximum absolute atomic E-state index is 12.0. The van der Waals surface area contributed by atoms with E-state index in [9.17, 15) is 14.4 Å². The summed E-state index contributed by atoms with van der Waals surface area (Å²) in [7, 11) is 0. The SMILES string of the molecule is Cc1cc(C)c(NC(=O)CNC(=O)COC(=O)c2ccc(C)s2)c(C)c1. The number of carbonyl (C=O) groups is 3. The summed E-state index contributed by atoms with van der Waals surface area (Å²) in [6.07, 6.45) is 0. The molecule has 2 aromatic rings. The molecule has 2 N–H and O–H groups in total. The fraction of sp³-hybridized carbons (Fsp3) is 0.316. The number of carbonyl (C=O) groups excluding carboxylic acids is 3. The predicted octanol–water partition coefficient (Wildman–Crippen LogP) is 2.89. The molecule has 138 valence electrons.